The Balaban J connectivity index is 1.51. The van der Waals surface area contributed by atoms with Crippen molar-refractivity contribution in [2.75, 3.05) is 6.61 Å². The van der Waals surface area contributed by atoms with Crippen LogP contribution in [-0.2, 0) is 10.5 Å². The van der Waals surface area contributed by atoms with Crippen LogP contribution in [0.2, 0.25) is 0 Å². The average molecular weight is 432 g/mol. The molecule has 2 aromatic heterocycles. The van der Waals surface area contributed by atoms with Gasteiger partial charge in [-0.1, -0.05) is 37.7 Å². The lowest BCUT2D eigenvalue weighted by molar-refractivity contribution is -0.136. The van der Waals surface area contributed by atoms with E-state index in [1.807, 2.05) is 24.4 Å². The van der Waals surface area contributed by atoms with Crippen molar-refractivity contribution in [3.05, 3.63) is 69.2 Å². The predicted octanol–water partition coefficient (Wildman–Crippen LogP) is 4.80. The first-order chi connectivity index (χ1) is 13.9. The number of esters is 1. The van der Waals surface area contributed by atoms with E-state index < -0.39 is 11.4 Å². The number of carbonyl (C=O) groups excluding carboxylic acids is 1. The van der Waals surface area contributed by atoms with E-state index in [0.29, 0.717) is 23.2 Å². The van der Waals surface area contributed by atoms with Gasteiger partial charge < -0.3 is 13.9 Å². The molecule has 29 heavy (non-hydrogen) atoms. The van der Waals surface area contributed by atoms with Gasteiger partial charge in [0.15, 0.2) is 10.9 Å². The fourth-order valence-corrected chi connectivity index (χ4v) is 4.10. The van der Waals surface area contributed by atoms with E-state index in [1.165, 1.54) is 34.7 Å². The summed E-state index contributed by atoms with van der Waals surface area (Å²) in [7, 11) is 0. The van der Waals surface area contributed by atoms with Gasteiger partial charge in [0.05, 0.1) is 5.75 Å². The molecule has 0 radical (unpaired) electrons. The van der Waals surface area contributed by atoms with Gasteiger partial charge in [-0.3, -0.25) is 4.79 Å². The third-order valence-electron chi connectivity index (χ3n) is 3.92. The number of hydrogen-bond donors (Lipinski definition) is 0. The van der Waals surface area contributed by atoms with Gasteiger partial charge in [-0.05, 0) is 30.5 Å². The number of rotatable bonds is 8. The summed E-state index contributed by atoms with van der Waals surface area (Å²) >= 11 is 3.02. The highest BCUT2D eigenvalue weighted by Crippen LogP contribution is 2.26. The van der Waals surface area contributed by atoms with E-state index in [0.717, 1.165) is 16.3 Å². The van der Waals surface area contributed by atoms with E-state index in [9.17, 15) is 9.59 Å². The topological polar surface area (TPSA) is 78.6 Å². The first-order valence-electron chi connectivity index (χ1n) is 9.01. The maximum absolute atomic E-state index is 12.2. The van der Waals surface area contributed by atoms with E-state index in [-0.39, 0.29) is 12.4 Å². The van der Waals surface area contributed by atoms with Crippen molar-refractivity contribution < 1.29 is 18.7 Å². The highest BCUT2D eigenvalue weighted by Gasteiger charge is 2.12. The molecule has 1 aromatic carbocycles. The Kier molecular flexibility index (Phi) is 7.11. The van der Waals surface area contributed by atoms with E-state index in [2.05, 4.69) is 18.8 Å². The molecule has 0 saturated heterocycles. The molecule has 0 N–H and O–H groups in total. The zero-order valence-corrected chi connectivity index (χ0v) is 18.0. The second-order valence-corrected chi connectivity index (χ2v) is 8.69. The molecule has 6 nitrogen and oxygen atoms in total. The molecule has 0 saturated carbocycles. The molecule has 0 spiro atoms. The molecule has 0 aliphatic carbocycles. The summed E-state index contributed by atoms with van der Waals surface area (Å²) in [6, 6.07) is 8.82. The number of aryl methyl sites for hydroxylation is 1. The van der Waals surface area contributed by atoms with Gasteiger partial charge >= 0.3 is 5.97 Å². The molecule has 0 bridgehead atoms. The summed E-state index contributed by atoms with van der Waals surface area (Å²) in [6.07, 6.45) is 1.15. The first-order valence-corrected chi connectivity index (χ1v) is 10.9. The van der Waals surface area contributed by atoms with Crippen molar-refractivity contribution in [1.29, 1.82) is 0 Å². The lowest BCUT2D eigenvalue weighted by atomic mass is 10.0. The van der Waals surface area contributed by atoms with E-state index in [4.69, 9.17) is 13.9 Å². The maximum atomic E-state index is 12.2. The monoisotopic (exact) mass is 431 g/mol. The molecular formula is C21H21NO5S2. The zero-order valence-electron chi connectivity index (χ0n) is 16.3. The van der Waals surface area contributed by atoms with Gasteiger partial charge in [-0.25, -0.2) is 9.78 Å². The highest BCUT2D eigenvalue weighted by molar-refractivity contribution is 8.00. The van der Waals surface area contributed by atoms with Crippen LogP contribution in [0.25, 0.3) is 0 Å². The van der Waals surface area contributed by atoms with Crippen molar-refractivity contribution in [2.45, 2.75) is 36.8 Å². The van der Waals surface area contributed by atoms with Crippen molar-refractivity contribution in [3.63, 3.8) is 0 Å². The van der Waals surface area contributed by atoms with Crippen LogP contribution in [0, 0.1) is 6.92 Å². The van der Waals surface area contributed by atoms with E-state index >= 15 is 0 Å². The van der Waals surface area contributed by atoms with Crippen LogP contribution in [0.1, 0.15) is 36.8 Å². The summed E-state index contributed by atoms with van der Waals surface area (Å²) in [5.41, 5.74) is 1.72. The van der Waals surface area contributed by atoms with Crippen molar-refractivity contribution in [2.24, 2.45) is 0 Å². The first kappa shape index (κ1) is 21.1. The molecule has 152 valence electrons. The Morgan fingerprint density at radius 3 is 2.66 bits per heavy atom. The molecule has 0 aliphatic heterocycles. The summed E-state index contributed by atoms with van der Waals surface area (Å²) in [5.74, 6) is 1.09. The quantitative estimate of drug-likeness (QED) is 0.374. The minimum atomic E-state index is -0.675. The van der Waals surface area contributed by atoms with Gasteiger partial charge in [0.2, 0.25) is 11.2 Å². The average Bonchev–Trinajstić information content (AvgIpc) is 3.12. The number of aromatic nitrogens is 1. The Morgan fingerprint density at radius 2 is 2.03 bits per heavy atom. The standard InChI is InChI=1S/C21H21NO5S2/c1-13(2)15-4-6-16(7-5-15)26-10-20(24)27-19-9-25-17(8-18(19)23)12-29-21-22-14(3)11-28-21/h4-9,11,13H,10,12H2,1-3H3. The number of thiazole rings is 1. The molecule has 3 aromatic rings. The molecule has 0 unspecified atom stereocenters. The molecule has 8 heteroatoms. The number of ether oxygens (including phenoxy) is 2. The number of benzene rings is 1. The minimum absolute atomic E-state index is 0.160. The highest BCUT2D eigenvalue weighted by atomic mass is 32.2. The Morgan fingerprint density at radius 1 is 1.28 bits per heavy atom. The predicted molar refractivity (Wildman–Crippen MR) is 113 cm³/mol. The SMILES string of the molecule is Cc1csc(SCc2cc(=O)c(OC(=O)COc3ccc(C(C)C)cc3)co2)n1. The normalized spacial score (nSPS) is 10.9. The molecule has 0 fully saturated rings. The van der Waals surface area contributed by atoms with Crippen molar-refractivity contribution in [1.82, 2.24) is 4.98 Å². The fraction of sp³-hybridized carbons (Fsp3) is 0.286. The van der Waals surface area contributed by atoms with Gasteiger partial charge in [-0.15, -0.1) is 11.3 Å². The summed E-state index contributed by atoms with van der Waals surface area (Å²) < 4.78 is 16.8. The number of hydrogen-bond acceptors (Lipinski definition) is 8. The van der Waals surface area contributed by atoms with Crippen LogP contribution >= 0.6 is 23.1 Å². The zero-order chi connectivity index (χ0) is 20.8. The third-order valence-corrected chi connectivity index (χ3v) is 6.08. The number of carbonyl (C=O) groups is 1. The Labute approximate surface area is 176 Å². The minimum Gasteiger partial charge on any atom is -0.482 e. The maximum Gasteiger partial charge on any atom is 0.349 e. The molecule has 0 atom stereocenters. The largest absolute Gasteiger partial charge is 0.482 e. The lowest BCUT2D eigenvalue weighted by Crippen LogP contribution is -2.20. The molecular weight excluding hydrogens is 410 g/mol. The van der Waals surface area contributed by atoms with Crippen molar-refractivity contribution >= 4 is 29.1 Å². The summed E-state index contributed by atoms with van der Waals surface area (Å²) in [6.45, 7) is 5.82. The fourth-order valence-electron chi connectivity index (χ4n) is 2.36. The Hall–Kier alpha value is -2.58. The van der Waals surface area contributed by atoms with Crippen LogP contribution in [-0.4, -0.2) is 17.6 Å². The molecule has 2 heterocycles. The van der Waals surface area contributed by atoms with Gasteiger partial charge in [0, 0.05) is 17.1 Å². The number of thioether (sulfide) groups is 1. The molecule has 3 rings (SSSR count). The van der Waals surface area contributed by atoms with Crippen LogP contribution in [0.5, 0.6) is 11.5 Å². The van der Waals surface area contributed by atoms with Crippen LogP contribution in [0.3, 0.4) is 0 Å². The second-order valence-electron chi connectivity index (χ2n) is 6.60. The van der Waals surface area contributed by atoms with Crippen LogP contribution in [0.15, 0.2) is 55.5 Å². The Bertz CT molecular complexity index is 1020. The van der Waals surface area contributed by atoms with Crippen LogP contribution in [0.4, 0.5) is 0 Å². The third kappa shape index (κ3) is 6.20. The van der Waals surface area contributed by atoms with Gasteiger partial charge in [0.25, 0.3) is 0 Å². The molecule has 0 aliphatic rings. The summed E-state index contributed by atoms with van der Waals surface area (Å²) in [5, 5.41) is 1.96. The van der Waals surface area contributed by atoms with Crippen molar-refractivity contribution in [3.8, 4) is 11.5 Å². The molecule has 0 amide bonds. The summed E-state index contributed by atoms with van der Waals surface area (Å²) in [4.78, 5) is 28.5. The smallest absolute Gasteiger partial charge is 0.349 e. The number of nitrogens with zero attached hydrogens (tertiary/aromatic N) is 1. The van der Waals surface area contributed by atoms with Gasteiger partial charge in [0.1, 0.15) is 17.8 Å². The van der Waals surface area contributed by atoms with Gasteiger partial charge in [-0.2, -0.15) is 0 Å². The second kappa shape index (κ2) is 9.76. The van der Waals surface area contributed by atoms with Crippen LogP contribution < -0.4 is 14.9 Å². The van der Waals surface area contributed by atoms with E-state index in [1.54, 1.807) is 12.1 Å². The lowest BCUT2D eigenvalue weighted by Gasteiger charge is -2.09.